The van der Waals surface area contributed by atoms with Gasteiger partial charge < -0.3 is 10.0 Å². The molecule has 0 bridgehead atoms. The van der Waals surface area contributed by atoms with Gasteiger partial charge in [-0.2, -0.15) is 0 Å². The van der Waals surface area contributed by atoms with E-state index in [0.717, 1.165) is 16.2 Å². The third kappa shape index (κ3) is 4.27. The van der Waals surface area contributed by atoms with Crippen LogP contribution in [-0.4, -0.2) is 54.3 Å². The van der Waals surface area contributed by atoms with E-state index in [0.29, 0.717) is 11.1 Å². The molecule has 2 atom stereocenters. The monoisotopic (exact) mass is 392 g/mol. The molecule has 1 N–H and O–H groups in total. The van der Waals surface area contributed by atoms with Gasteiger partial charge in [0.15, 0.2) is 5.78 Å². The quantitative estimate of drug-likeness (QED) is 0.579. The normalized spacial score (nSPS) is 15.5. The molecule has 1 aliphatic heterocycles. The van der Waals surface area contributed by atoms with Crippen LogP contribution in [0.15, 0.2) is 54.6 Å². The predicted octanol–water partition coefficient (Wildman–Crippen LogP) is 2.63. The zero-order valence-electron chi connectivity index (χ0n) is 16.7. The first-order chi connectivity index (χ1) is 13.8. The molecule has 6 heteroatoms. The van der Waals surface area contributed by atoms with Gasteiger partial charge in [-0.1, -0.05) is 37.3 Å². The number of benzene rings is 2. The topological polar surface area (TPSA) is 77.9 Å². The molecule has 2 amide bonds. The minimum Gasteiger partial charge on any atom is -0.391 e. The van der Waals surface area contributed by atoms with Crippen LogP contribution in [0.2, 0.25) is 0 Å². The van der Waals surface area contributed by atoms with Crippen LogP contribution < -0.4 is 4.90 Å². The maximum atomic E-state index is 12.4. The number of rotatable bonds is 7. The maximum absolute atomic E-state index is 12.4. The lowest BCUT2D eigenvalue weighted by atomic mass is 9.98. The van der Waals surface area contributed by atoms with E-state index >= 15 is 0 Å². The van der Waals surface area contributed by atoms with Crippen molar-refractivity contribution in [2.75, 3.05) is 25.5 Å². The van der Waals surface area contributed by atoms with Crippen molar-refractivity contribution in [1.82, 2.24) is 4.90 Å². The lowest BCUT2D eigenvalue weighted by molar-refractivity contribution is -0.121. The molecule has 0 fully saturated rings. The Kier molecular flexibility index (Phi) is 5.94. The number of ketones is 1. The third-order valence-electron chi connectivity index (χ3n) is 5.12. The lowest BCUT2D eigenvalue weighted by Crippen LogP contribution is -2.41. The fraction of sp³-hybridized carbons (Fsp3) is 0.261. The van der Waals surface area contributed by atoms with Crippen molar-refractivity contribution in [3.05, 3.63) is 71.3 Å². The Labute approximate surface area is 170 Å². The number of β-amino-alcohol motifs (C(OH)–C–C–N with tert-alkyl or cyclic N) is 1. The fourth-order valence-electron chi connectivity index (χ4n) is 3.15. The molecule has 0 aromatic heterocycles. The maximum Gasteiger partial charge on any atom is 0.261 e. The Morgan fingerprint density at radius 1 is 1.03 bits per heavy atom. The minimum atomic E-state index is -1.15. The molecule has 6 nitrogen and oxygen atoms in total. The highest BCUT2D eigenvalue weighted by Crippen LogP contribution is 2.23. The molecule has 29 heavy (non-hydrogen) atoms. The zero-order valence-corrected chi connectivity index (χ0v) is 16.7. The summed E-state index contributed by atoms with van der Waals surface area (Å²) >= 11 is 0. The van der Waals surface area contributed by atoms with E-state index in [-0.39, 0.29) is 12.3 Å². The molecule has 0 saturated heterocycles. The highest BCUT2D eigenvalue weighted by atomic mass is 16.3. The van der Waals surface area contributed by atoms with E-state index in [1.54, 1.807) is 37.3 Å². The number of allylic oxidation sites excluding steroid dienone is 1. The smallest absolute Gasteiger partial charge is 0.261 e. The average Bonchev–Trinajstić information content (AvgIpc) is 2.96. The van der Waals surface area contributed by atoms with Gasteiger partial charge in [0.2, 0.25) is 0 Å². The van der Waals surface area contributed by atoms with Crippen LogP contribution in [0, 0.1) is 5.92 Å². The van der Waals surface area contributed by atoms with E-state index in [1.807, 2.05) is 43.3 Å². The molecule has 2 aromatic carbocycles. The molecular formula is C23H24N2O4. The van der Waals surface area contributed by atoms with Crippen LogP contribution >= 0.6 is 0 Å². The van der Waals surface area contributed by atoms with Crippen LogP contribution in [0.5, 0.6) is 0 Å². The Hall–Kier alpha value is -3.25. The van der Waals surface area contributed by atoms with Crippen LogP contribution in [0.4, 0.5) is 5.69 Å². The molecule has 1 heterocycles. The number of carbonyl (C=O) groups is 3. The average molecular weight is 392 g/mol. The number of amides is 2. The second-order valence-corrected chi connectivity index (χ2v) is 7.34. The van der Waals surface area contributed by atoms with E-state index in [9.17, 15) is 19.5 Å². The number of anilines is 1. The number of nitrogens with zero attached hydrogens (tertiary/aromatic N) is 2. The summed E-state index contributed by atoms with van der Waals surface area (Å²) in [5.41, 5.74) is 2.57. The van der Waals surface area contributed by atoms with Gasteiger partial charge in [-0.25, -0.2) is 0 Å². The second-order valence-electron chi connectivity index (χ2n) is 7.34. The SMILES string of the molecule is C[C@@H](C(=O)/C=C/c1ccc(N(C)C)cc1)[C@@H](O)CN1C(=O)c2ccccc2C1=O. The predicted molar refractivity (Wildman–Crippen MR) is 112 cm³/mol. The van der Waals surface area contributed by atoms with Gasteiger partial charge >= 0.3 is 0 Å². The van der Waals surface area contributed by atoms with Crippen LogP contribution in [0.25, 0.3) is 6.08 Å². The highest BCUT2D eigenvalue weighted by Gasteiger charge is 2.37. The number of fused-ring (bicyclic) bond motifs is 1. The summed E-state index contributed by atoms with van der Waals surface area (Å²) in [4.78, 5) is 40.3. The number of hydrogen-bond acceptors (Lipinski definition) is 5. The number of imide groups is 1. The van der Waals surface area contributed by atoms with Crippen molar-refractivity contribution in [2.45, 2.75) is 13.0 Å². The van der Waals surface area contributed by atoms with Gasteiger partial charge in [-0.05, 0) is 35.9 Å². The Morgan fingerprint density at radius 2 is 1.59 bits per heavy atom. The van der Waals surface area contributed by atoms with E-state index < -0.39 is 23.8 Å². The van der Waals surface area contributed by atoms with Gasteiger partial charge in [-0.3, -0.25) is 19.3 Å². The molecule has 3 rings (SSSR count). The van der Waals surface area contributed by atoms with Crippen LogP contribution in [0.3, 0.4) is 0 Å². The molecule has 0 unspecified atom stereocenters. The van der Waals surface area contributed by atoms with Crippen LogP contribution in [0.1, 0.15) is 33.2 Å². The van der Waals surface area contributed by atoms with Crippen LogP contribution in [-0.2, 0) is 4.79 Å². The molecule has 0 radical (unpaired) electrons. The number of aliphatic hydroxyl groups is 1. The summed E-state index contributed by atoms with van der Waals surface area (Å²) in [6.45, 7) is 1.37. The first-order valence-corrected chi connectivity index (χ1v) is 9.42. The van der Waals surface area contributed by atoms with E-state index in [2.05, 4.69) is 0 Å². The Balaban J connectivity index is 1.62. The molecular weight excluding hydrogens is 368 g/mol. The van der Waals surface area contributed by atoms with Gasteiger partial charge in [-0.15, -0.1) is 0 Å². The van der Waals surface area contributed by atoms with Gasteiger partial charge in [0.25, 0.3) is 11.8 Å². The summed E-state index contributed by atoms with van der Waals surface area (Å²) in [6, 6.07) is 14.2. The molecule has 0 aliphatic carbocycles. The number of carbonyl (C=O) groups excluding carboxylic acids is 3. The van der Waals surface area contributed by atoms with Gasteiger partial charge in [0.05, 0.1) is 23.8 Å². The van der Waals surface area contributed by atoms with Crippen molar-refractivity contribution in [2.24, 2.45) is 5.92 Å². The van der Waals surface area contributed by atoms with Crippen molar-refractivity contribution in [3.63, 3.8) is 0 Å². The number of aliphatic hydroxyl groups excluding tert-OH is 1. The fourth-order valence-corrected chi connectivity index (χ4v) is 3.15. The van der Waals surface area contributed by atoms with Crippen molar-refractivity contribution >= 4 is 29.4 Å². The first-order valence-electron chi connectivity index (χ1n) is 9.42. The summed E-state index contributed by atoms with van der Waals surface area (Å²) in [6.07, 6.45) is 1.96. The van der Waals surface area contributed by atoms with E-state index in [1.165, 1.54) is 6.08 Å². The standard InChI is InChI=1S/C23H24N2O4/c1-15(20(26)13-10-16-8-11-17(12-9-16)24(2)3)21(27)14-25-22(28)18-6-4-5-7-19(18)23(25)29/h4-13,15,21,27H,14H2,1-3H3/b13-10+/t15-,21-/m0/s1. The first kappa shape index (κ1) is 20.5. The van der Waals surface area contributed by atoms with Gasteiger partial charge in [0.1, 0.15) is 0 Å². The summed E-state index contributed by atoms with van der Waals surface area (Å²) in [5, 5.41) is 10.5. The minimum absolute atomic E-state index is 0.218. The Bertz CT molecular complexity index is 928. The van der Waals surface area contributed by atoms with Crippen molar-refractivity contribution in [1.29, 1.82) is 0 Å². The molecule has 0 saturated carbocycles. The third-order valence-corrected chi connectivity index (χ3v) is 5.12. The summed E-state index contributed by atoms with van der Waals surface area (Å²) in [5.74, 6) is -1.91. The second kappa shape index (κ2) is 8.41. The molecule has 150 valence electrons. The van der Waals surface area contributed by atoms with Gasteiger partial charge in [0, 0.05) is 25.7 Å². The number of hydrogen-bond donors (Lipinski definition) is 1. The molecule has 1 aliphatic rings. The molecule has 0 spiro atoms. The largest absolute Gasteiger partial charge is 0.391 e. The van der Waals surface area contributed by atoms with E-state index in [4.69, 9.17) is 0 Å². The lowest BCUT2D eigenvalue weighted by Gasteiger charge is -2.22. The highest BCUT2D eigenvalue weighted by molar-refractivity contribution is 6.21. The van der Waals surface area contributed by atoms with Crippen molar-refractivity contribution in [3.8, 4) is 0 Å². The van der Waals surface area contributed by atoms with Crippen molar-refractivity contribution < 1.29 is 19.5 Å². The Morgan fingerprint density at radius 3 is 2.10 bits per heavy atom. The summed E-state index contributed by atoms with van der Waals surface area (Å²) < 4.78 is 0. The zero-order chi connectivity index (χ0) is 21.1. The summed E-state index contributed by atoms with van der Waals surface area (Å²) in [7, 11) is 3.90. The molecule has 2 aromatic rings.